The van der Waals surface area contributed by atoms with E-state index in [1.54, 1.807) is 12.1 Å². The third kappa shape index (κ3) is 2.50. The van der Waals surface area contributed by atoms with E-state index in [1.807, 2.05) is 23.9 Å². The maximum Gasteiger partial charge on any atom is 0.335 e. The molecule has 2 N–H and O–H groups in total. The van der Waals surface area contributed by atoms with Crippen molar-refractivity contribution in [1.29, 1.82) is 0 Å². The Hall–Kier alpha value is -1.16. The number of aromatic carboxylic acids is 1. The zero-order valence-corrected chi connectivity index (χ0v) is 9.96. The van der Waals surface area contributed by atoms with Crippen molar-refractivity contribution in [3.05, 3.63) is 29.8 Å². The fourth-order valence-electron chi connectivity index (χ4n) is 1.84. The fraction of sp³-hybridized carbons (Fsp3) is 0.417. The lowest BCUT2D eigenvalue weighted by Gasteiger charge is -2.17. The number of carboxylic acids is 1. The van der Waals surface area contributed by atoms with Gasteiger partial charge in [0.1, 0.15) is 0 Å². The molecule has 86 valence electrons. The van der Waals surface area contributed by atoms with Crippen molar-refractivity contribution in [1.82, 2.24) is 0 Å². The highest BCUT2D eigenvalue weighted by atomic mass is 32.2. The summed E-state index contributed by atoms with van der Waals surface area (Å²) in [5.41, 5.74) is 1.34. The molecule has 1 heterocycles. The lowest BCUT2D eigenvalue weighted by molar-refractivity contribution is 0.0697. The van der Waals surface area contributed by atoms with Crippen molar-refractivity contribution in [3.63, 3.8) is 0 Å². The molecule has 1 aromatic rings. The normalized spacial score (nSPS) is 24.3. The monoisotopic (exact) mass is 237 g/mol. The van der Waals surface area contributed by atoms with Crippen molar-refractivity contribution >= 4 is 23.4 Å². The number of thioether (sulfide) groups is 1. The number of anilines is 1. The van der Waals surface area contributed by atoms with Gasteiger partial charge in [0.25, 0.3) is 0 Å². The van der Waals surface area contributed by atoms with Crippen LogP contribution in [0.25, 0.3) is 0 Å². The summed E-state index contributed by atoms with van der Waals surface area (Å²) >= 11 is 1.98. The lowest BCUT2D eigenvalue weighted by Crippen LogP contribution is -2.24. The number of benzene rings is 1. The molecule has 1 saturated heterocycles. The molecule has 0 radical (unpaired) electrons. The summed E-state index contributed by atoms with van der Waals surface area (Å²) in [6.07, 6.45) is 1.17. The Morgan fingerprint density at radius 1 is 1.44 bits per heavy atom. The van der Waals surface area contributed by atoms with E-state index in [0.717, 1.165) is 5.69 Å². The number of carboxylic acid groups (broad SMARTS) is 1. The summed E-state index contributed by atoms with van der Waals surface area (Å²) in [6, 6.07) is 7.44. The maximum atomic E-state index is 10.7. The summed E-state index contributed by atoms with van der Waals surface area (Å²) in [6.45, 7) is 2.22. The number of carbonyl (C=O) groups is 1. The highest BCUT2D eigenvalue weighted by Gasteiger charge is 2.23. The summed E-state index contributed by atoms with van der Waals surface area (Å²) in [7, 11) is 0. The first-order chi connectivity index (χ1) is 7.66. The highest BCUT2D eigenvalue weighted by Crippen LogP contribution is 2.28. The molecular weight excluding hydrogens is 222 g/mol. The smallest absolute Gasteiger partial charge is 0.335 e. The van der Waals surface area contributed by atoms with Gasteiger partial charge < -0.3 is 10.4 Å². The van der Waals surface area contributed by atoms with Crippen LogP contribution in [0, 0.1) is 0 Å². The molecule has 2 unspecified atom stereocenters. The summed E-state index contributed by atoms with van der Waals surface area (Å²) in [5, 5.41) is 12.8. The van der Waals surface area contributed by atoms with Gasteiger partial charge in [-0.2, -0.15) is 11.8 Å². The van der Waals surface area contributed by atoms with Crippen molar-refractivity contribution in [3.8, 4) is 0 Å². The second kappa shape index (κ2) is 4.78. The van der Waals surface area contributed by atoms with Gasteiger partial charge in [-0.3, -0.25) is 0 Å². The van der Waals surface area contributed by atoms with E-state index in [2.05, 4.69) is 12.2 Å². The first-order valence-corrected chi connectivity index (χ1v) is 6.43. The van der Waals surface area contributed by atoms with Crippen LogP contribution in [-0.2, 0) is 0 Å². The first kappa shape index (κ1) is 11.3. The minimum Gasteiger partial charge on any atom is -0.478 e. The van der Waals surface area contributed by atoms with Gasteiger partial charge in [0.2, 0.25) is 0 Å². The SMILES string of the molecule is CC1SCCC1Nc1ccc(C(=O)O)cc1. The average molecular weight is 237 g/mol. The van der Waals surface area contributed by atoms with Crippen molar-refractivity contribution in [2.24, 2.45) is 0 Å². The molecule has 1 fully saturated rings. The fourth-order valence-corrected chi connectivity index (χ4v) is 3.04. The summed E-state index contributed by atoms with van der Waals surface area (Å²) < 4.78 is 0. The largest absolute Gasteiger partial charge is 0.478 e. The topological polar surface area (TPSA) is 49.3 Å². The molecule has 0 bridgehead atoms. The Balaban J connectivity index is 2.02. The van der Waals surface area contributed by atoms with Gasteiger partial charge in [0.05, 0.1) is 5.56 Å². The number of rotatable bonds is 3. The maximum absolute atomic E-state index is 10.7. The Kier molecular flexibility index (Phi) is 3.39. The Morgan fingerprint density at radius 3 is 2.62 bits per heavy atom. The van der Waals surface area contributed by atoms with Crippen molar-refractivity contribution in [2.75, 3.05) is 11.1 Å². The van der Waals surface area contributed by atoms with Crippen LogP contribution in [0.4, 0.5) is 5.69 Å². The summed E-state index contributed by atoms with van der Waals surface area (Å²) in [5.74, 6) is 0.322. The van der Waals surface area contributed by atoms with Gasteiger partial charge >= 0.3 is 5.97 Å². The molecule has 2 rings (SSSR count). The zero-order valence-electron chi connectivity index (χ0n) is 9.14. The van der Waals surface area contributed by atoms with Gasteiger partial charge in [-0.05, 0) is 36.4 Å². The molecule has 2 atom stereocenters. The second-order valence-electron chi connectivity index (χ2n) is 4.00. The molecular formula is C12H15NO2S. The highest BCUT2D eigenvalue weighted by molar-refractivity contribution is 8.00. The number of hydrogen-bond acceptors (Lipinski definition) is 3. The molecule has 0 aliphatic carbocycles. The summed E-state index contributed by atoms with van der Waals surface area (Å²) in [4.78, 5) is 10.7. The molecule has 1 aromatic carbocycles. The average Bonchev–Trinajstić information content (AvgIpc) is 2.65. The van der Waals surface area contributed by atoms with Gasteiger partial charge in [-0.1, -0.05) is 6.92 Å². The molecule has 4 heteroatoms. The van der Waals surface area contributed by atoms with Crippen LogP contribution in [0.15, 0.2) is 24.3 Å². The van der Waals surface area contributed by atoms with Crippen molar-refractivity contribution in [2.45, 2.75) is 24.6 Å². The predicted octanol–water partition coefficient (Wildman–Crippen LogP) is 2.69. The van der Waals surface area contributed by atoms with Crippen LogP contribution in [0.2, 0.25) is 0 Å². The standard InChI is InChI=1S/C12H15NO2S/c1-8-11(6-7-16-8)13-10-4-2-9(3-5-10)12(14)15/h2-5,8,11,13H,6-7H2,1H3,(H,14,15). The molecule has 16 heavy (non-hydrogen) atoms. The van der Waals surface area contributed by atoms with Crippen LogP contribution in [0.5, 0.6) is 0 Å². The number of hydrogen-bond donors (Lipinski definition) is 2. The molecule has 1 aliphatic rings. The van der Waals surface area contributed by atoms with Gasteiger partial charge in [-0.25, -0.2) is 4.79 Å². The quantitative estimate of drug-likeness (QED) is 0.848. The van der Waals surface area contributed by atoms with Crippen molar-refractivity contribution < 1.29 is 9.90 Å². The Labute approximate surface area is 99.2 Å². The third-order valence-electron chi connectivity index (χ3n) is 2.86. The van der Waals surface area contributed by atoms with E-state index in [1.165, 1.54) is 12.2 Å². The molecule has 3 nitrogen and oxygen atoms in total. The van der Waals surface area contributed by atoms with Crippen LogP contribution in [-0.4, -0.2) is 28.1 Å². The van der Waals surface area contributed by atoms with E-state index in [0.29, 0.717) is 16.9 Å². The van der Waals surface area contributed by atoms with E-state index in [4.69, 9.17) is 5.11 Å². The molecule has 0 amide bonds. The minimum atomic E-state index is -0.878. The van der Waals surface area contributed by atoms with E-state index in [-0.39, 0.29) is 0 Å². The second-order valence-corrected chi connectivity index (χ2v) is 5.48. The first-order valence-electron chi connectivity index (χ1n) is 5.38. The molecule has 0 aromatic heterocycles. The Bertz CT molecular complexity index is 377. The Morgan fingerprint density at radius 2 is 2.12 bits per heavy atom. The van der Waals surface area contributed by atoms with E-state index < -0.39 is 5.97 Å². The molecule has 0 saturated carbocycles. The predicted molar refractivity (Wildman–Crippen MR) is 67.3 cm³/mol. The van der Waals surface area contributed by atoms with Crippen LogP contribution < -0.4 is 5.32 Å². The van der Waals surface area contributed by atoms with Crippen LogP contribution in [0.1, 0.15) is 23.7 Å². The third-order valence-corrected chi connectivity index (χ3v) is 4.19. The number of nitrogens with one attached hydrogen (secondary N) is 1. The minimum absolute atomic E-state index is 0.333. The van der Waals surface area contributed by atoms with Gasteiger partial charge in [0.15, 0.2) is 0 Å². The molecule has 1 aliphatic heterocycles. The van der Waals surface area contributed by atoms with Crippen LogP contribution >= 0.6 is 11.8 Å². The van der Waals surface area contributed by atoms with E-state index >= 15 is 0 Å². The van der Waals surface area contributed by atoms with Gasteiger partial charge in [0, 0.05) is 17.0 Å². The molecule has 0 spiro atoms. The zero-order chi connectivity index (χ0) is 11.5. The van der Waals surface area contributed by atoms with Crippen LogP contribution in [0.3, 0.4) is 0 Å². The lowest BCUT2D eigenvalue weighted by atomic mass is 10.1. The van der Waals surface area contributed by atoms with Gasteiger partial charge in [-0.15, -0.1) is 0 Å². The van der Waals surface area contributed by atoms with E-state index in [9.17, 15) is 4.79 Å².